The van der Waals surface area contributed by atoms with Gasteiger partial charge in [0.25, 0.3) is 0 Å². The normalized spacial score (nSPS) is 24.9. The van der Waals surface area contributed by atoms with E-state index in [0.717, 1.165) is 60.0 Å². The van der Waals surface area contributed by atoms with Gasteiger partial charge < -0.3 is 24.8 Å². The highest BCUT2D eigenvalue weighted by molar-refractivity contribution is 5.85. The maximum Gasteiger partial charge on any atom is 0.164 e. The zero-order valence-electron chi connectivity index (χ0n) is 20.8. The average molecular weight is 501 g/mol. The number of nitrogens with one attached hydrogen (secondary N) is 2. The second-order valence-corrected chi connectivity index (χ2v) is 9.80. The molecule has 0 unspecified atom stereocenters. The fraction of sp³-hybridized carbons (Fsp3) is 0.357. The Bertz CT molecular complexity index is 1300. The predicted octanol–water partition coefficient (Wildman–Crippen LogP) is 3.23. The topological polar surface area (TPSA) is 107 Å². The third-order valence-electron chi connectivity index (χ3n) is 7.16. The number of hydrazine groups is 1. The van der Waals surface area contributed by atoms with E-state index < -0.39 is 24.5 Å². The number of hydrogen-bond donors (Lipinski definition) is 4. The maximum atomic E-state index is 10.7. The molecule has 192 valence electrons. The highest BCUT2D eigenvalue weighted by Crippen LogP contribution is 2.41. The van der Waals surface area contributed by atoms with Gasteiger partial charge in [0.05, 0.1) is 18.3 Å². The minimum Gasteiger partial charge on any atom is -0.388 e. The first-order valence-electron chi connectivity index (χ1n) is 12.8. The molecule has 0 radical (unpaired) electrons. The van der Waals surface area contributed by atoms with Crippen LogP contribution in [0.15, 0.2) is 70.8 Å². The second kappa shape index (κ2) is 10.0. The Morgan fingerprint density at radius 3 is 2.59 bits per heavy atom. The lowest BCUT2D eigenvalue weighted by atomic mass is 10.0. The van der Waals surface area contributed by atoms with Crippen LogP contribution in [-0.4, -0.2) is 63.4 Å². The van der Waals surface area contributed by atoms with E-state index in [1.807, 2.05) is 34.0 Å². The van der Waals surface area contributed by atoms with E-state index in [4.69, 9.17) is 9.73 Å². The molecule has 3 aromatic rings. The molecule has 0 aliphatic carbocycles. The van der Waals surface area contributed by atoms with Crippen molar-refractivity contribution in [2.75, 3.05) is 18.5 Å². The highest BCUT2D eigenvalue weighted by atomic mass is 16.6. The van der Waals surface area contributed by atoms with E-state index in [0.29, 0.717) is 6.54 Å². The summed E-state index contributed by atoms with van der Waals surface area (Å²) in [5, 5.41) is 26.3. The van der Waals surface area contributed by atoms with Crippen LogP contribution in [0.2, 0.25) is 0 Å². The first-order chi connectivity index (χ1) is 18.1. The minimum atomic E-state index is -1.03. The Balaban J connectivity index is 1.24. The maximum absolute atomic E-state index is 10.7. The van der Waals surface area contributed by atoms with Gasteiger partial charge >= 0.3 is 0 Å². The van der Waals surface area contributed by atoms with E-state index >= 15 is 0 Å². The zero-order valence-corrected chi connectivity index (χ0v) is 20.8. The summed E-state index contributed by atoms with van der Waals surface area (Å²) >= 11 is 0. The quantitative estimate of drug-likeness (QED) is 0.414. The summed E-state index contributed by atoms with van der Waals surface area (Å²) in [5.41, 5.74) is 8.70. The lowest BCUT2D eigenvalue weighted by molar-refractivity contribution is -0.0308. The van der Waals surface area contributed by atoms with Gasteiger partial charge in [-0.15, -0.1) is 0 Å². The zero-order chi connectivity index (χ0) is 25.4. The number of aliphatic hydroxyl groups excluding tert-OH is 2. The van der Waals surface area contributed by atoms with Crippen LogP contribution < -0.4 is 10.7 Å². The van der Waals surface area contributed by atoms with Crippen molar-refractivity contribution in [2.45, 2.75) is 50.8 Å². The van der Waals surface area contributed by atoms with E-state index in [1.165, 1.54) is 5.56 Å². The summed E-state index contributed by atoms with van der Waals surface area (Å²) in [4.78, 5) is 9.31. The Kier molecular flexibility index (Phi) is 6.42. The van der Waals surface area contributed by atoms with Gasteiger partial charge in [0, 0.05) is 36.8 Å². The number of aliphatic hydroxyl groups is 2. The molecule has 9 heteroatoms. The van der Waals surface area contributed by atoms with E-state index in [1.54, 1.807) is 13.3 Å². The number of aromatic nitrogens is 1. The van der Waals surface area contributed by atoms with Gasteiger partial charge in [-0.05, 0) is 36.6 Å². The van der Waals surface area contributed by atoms with Gasteiger partial charge in [0.2, 0.25) is 0 Å². The summed E-state index contributed by atoms with van der Waals surface area (Å²) in [6.07, 6.45) is 2.48. The molecule has 3 aliphatic rings. The summed E-state index contributed by atoms with van der Waals surface area (Å²) in [6, 6.07) is 18.5. The number of anilines is 1. The molecule has 1 fully saturated rings. The van der Waals surface area contributed by atoms with Crippen molar-refractivity contribution in [1.29, 1.82) is 0 Å². The molecule has 6 rings (SSSR count). The highest BCUT2D eigenvalue weighted by Gasteiger charge is 2.42. The van der Waals surface area contributed by atoms with Crippen LogP contribution in [0, 0.1) is 0 Å². The van der Waals surface area contributed by atoms with E-state index in [2.05, 4.69) is 52.1 Å². The van der Waals surface area contributed by atoms with Crippen LogP contribution in [0.3, 0.4) is 0 Å². The van der Waals surface area contributed by atoms with Gasteiger partial charge in [0.1, 0.15) is 30.2 Å². The molecule has 4 heterocycles. The number of ether oxygens (including phenoxy) is 1. The average Bonchev–Trinajstić information content (AvgIpc) is 3.43. The first-order valence-corrected chi connectivity index (χ1v) is 12.8. The van der Waals surface area contributed by atoms with Gasteiger partial charge in [-0.1, -0.05) is 42.5 Å². The fourth-order valence-electron chi connectivity index (χ4n) is 5.13. The smallest absolute Gasteiger partial charge is 0.164 e. The monoisotopic (exact) mass is 500 g/mol. The summed E-state index contributed by atoms with van der Waals surface area (Å²) in [5.74, 6) is 1.78. The molecule has 1 aromatic heterocycles. The van der Waals surface area contributed by atoms with E-state index in [9.17, 15) is 10.2 Å². The number of rotatable bonds is 6. The van der Waals surface area contributed by atoms with Crippen molar-refractivity contribution in [3.63, 3.8) is 0 Å². The number of nitrogens with zero attached hydrogens (tertiary/aromatic N) is 4. The summed E-state index contributed by atoms with van der Waals surface area (Å²) in [6.45, 7) is 4.23. The van der Waals surface area contributed by atoms with Gasteiger partial charge in [-0.2, -0.15) is 0 Å². The number of amidine groups is 1. The molecule has 1 saturated heterocycles. The number of fused-ring (bicyclic) bond motifs is 1. The van der Waals surface area contributed by atoms with E-state index in [-0.39, 0.29) is 0 Å². The third kappa shape index (κ3) is 4.73. The number of hydrogen-bond acceptors (Lipinski definition) is 8. The van der Waals surface area contributed by atoms with Crippen LogP contribution in [0.4, 0.5) is 11.5 Å². The summed E-state index contributed by atoms with van der Waals surface area (Å²) in [7, 11) is 0. The Hall–Kier alpha value is -3.66. The molecule has 2 aromatic carbocycles. The SMILES string of the molecule is C[C@H]1O[C@@H](n2cc(-c3ccccc3)c3c2N=CN(Nc2ccc(CC4=NCCCN4)cc2)C3)[C@H](O)[C@@H]1O. The lowest BCUT2D eigenvalue weighted by Gasteiger charge is -2.26. The molecule has 0 bridgehead atoms. The van der Waals surface area contributed by atoms with Crippen molar-refractivity contribution >= 4 is 23.7 Å². The largest absolute Gasteiger partial charge is 0.388 e. The third-order valence-corrected chi connectivity index (χ3v) is 7.16. The van der Waals surface area contributed by atoms with Gasteiger partial charge in [-0.3, -0.25) is 15.4 Å². The molecule has 3 aliphatic heterocycles. The van der Waals surface area contributed by atoms with Gasteiger partial charge in [-0.25, -0.2) is 4.99 Å². The molecule has 4 atom stereocenters. The Morgan fingerprint density at radius 2 is 1.89 bits per heavy atom. The Morgan fingerprint density at radius 1 is 1.08 bits per heavy atom. The van der Waals surface area contributed by atoms with Crippen molar-refractivity contribution in [3.8, 4) is 11.1 Å². The number of aliphatic imine (C=N–C) groups is 2. The molecule has 9 nitrogen and oxygen atoms in total. The predicted molar refractivity (Wildman–Crippen MR) is 144 cm³/mol. The molecule has 4 N–H and O–H groups in total. The fourth-order valence-corrected chi connectivity index (χ4v) is 5.13. The van der Waals surface area contributed by atoms with Crippen LogP contribution in [0.25, 0.3) is 11.1 Å². The Labute approximate surface area is 216 Å². The standard InChI is InChI=1S/C28H32N6O3/c1-18-25(35)26(36)28(37-18)34-16-22(20-6-3-2-4-7-20)23-15-33(17-31-27(23)34)32-21-10-8-19(9-11-21)14-24-29-12-5-13-30-24/h2-4,6-11,16-18,25-26,28,32,35-36H,5,12-15H2,1H3,(H,29,30)/t18-,25-,26-,28-/m1/s1. The van der Waals surface area contributed by atoms with Crippen LogP contribution >= 0.6 is 0 Å². The summed E-state index contributed by atoms with van der Waals surface area (Å²) < 4.78 is 7.77. The van der Waals surface area contributed by atoms with Crippen LogP contribution in [0.1, 0.15) is 30.7 Å². The van der Waals surface area contributed by atoms with Crippen molar-refractivity contribution in [1.82, 2.24) is 14.9 Å². The molecular formula is C28H32N6O3. The van der Waals surface area contributed by atoms with Crippen molar-refractivity contribution < 1.29 is 14.9 Å². The molecule has 0 amide bonds. The first kappa shape index (κ1) is 23.7. The van der Waals surface area contributed by atoms with Gasteiger partial charge in [0.15, 0.2) is 6.23 Å². The van der Waals surface area contributed by atoms with Crippen molar-refractivity contribution in [2.24, 2.45) is 9.98 Å². The molecule has 37 heavy (non-hydrogen) atoms. The van der Waals surface area contributed by atoms with Crippen molar-refractivity contribution in [3.05, 3.63) is 71.9 Å². The lowest BCUT2D eigenvalue weighted by Crippen LogP contribution is -2.31. The van der Waals surface area contributed by atoms with Crippen LogP contribution in [0.5, 0.6) is 0 Å². The molecule has 0 spiro atoms. The molecular weight excluding hydrogens is 468 g/mol. The van der Waals surface area contributed by atoms with Crippen LogP contribution in [-0.2, 0) is 17.7 Å². The number of benzene rings is 2. The second-order valence-electron chi connectivity index (χ2n) is 9.80. The minimum absolute atomic E-state index is 0.465. The molecule has 0 saturated carbocycles.